The fourth-order valence-corrected chi connectivity index (χ4v) is 1.60. The Hall–Kier alpha value is -1.22. The van der Waals surface area contributed by atoms with Crippen LogP contribution in [0.2, 0.25) is 0 Å². The summed E-state index contributed by atoms with van der Waals surface area (Å²) in [4.78, 5) is 0. The highest BCUT2D eigenvalue weighted by molar-refractivity contribution is 7.14. The Morgan fingerprint density at radius 1 is 1.36 bits per heavy atom. The molecule has 2 aromatic heterocycles. The average Bonchev–Trinajstić information content (AvgIpc) is 2.55. The molecule has 2 N–H and O–H groups in total. The van der Waals surface area contributed by atoms with Crippen molar-refractivity contribution in [2.45, 2.75) is 0 Å². The van der Waals surface area contributed by atoms with Crippen LogP contribution in [0.4, 0.5) is 5.00 Å². The van der Waals surface area contributed by atoms with E-state index in [1.165, 1.54) is 11.3 Å². The van der Waals surface area contributed by atoms with E-state index >= 15 is 0 Å². The van der Waals surface area contributed by atoms with Crippen LogP contribution in [-0.4, -0.2) is 0 Å². The van der Waals surface area contributed by atoms with Crippen molar-refractivity contribution in [1.82, 2.24) is 0 Å². The molecule has 56 valence electrons. The highest BCUT2D eigenvalue weighted by Crippen LogP contribution is 2.30. The summed E-state index contributed by atoms with van der Waals surface area (Å²) in [6, 6.07) is 5.71. The summed E-state index contributed by atoms with van der Waals surface area (Å²) in [6.07, 6.45) is 1.65. The molecule has 3 heteroatoms. The normalized spacial score (nSPS) is 10.2. The third-order valence-electron chi connectivity index (χ3n) is 1.48. The largest absolute Gasteiger partial charge is 0.464 e. The number of thiophene rings is 1. The predicted molar refractivity (Wildman–Crippen MR) is 46.4 cm³/mol. The summed E-state index contributed by atoms with van der Waals surface area (Å²) in [5.74, 6) is 0.837. The summed E-state index contributed by atoms with van der Waals surface area (Å²) in [5, 5.41) is 2.76. The molecule has 0 atom stereocenters. The molecule has 0 aliphatic heterocycles. The maximum atomic E-state index is 5.69. The highest BCUT2D eigenvalue weighted by Gasteiger charge is 2.04. The zero-order valence-electron chi connectivity index (χ0n) is 5.78. The summed E-state index contributed by atoms with van der Waals surface area (Å²) in [7, 11) is 0. The Kier molecular flexibility index (Phi) is 1.43. The first-order valence-corrected chi connectivity index (χ1v) is 4.13. The van der Waals surface area contributed by atoms with Crippen molar-refractivity contribution in [2.24, 2.45) is 0 Å². The van der Waals surface area contributed by atoms with E-state index < -0.39 is 0 Å². The lowest BCUT2D eigenvalue weighted by Gasteiger charge is -1.91. The first kappa shape index (κ1) is 6.49. The molecule has 0 bridgehead atoms. The molecule has 2 nitrogen and oxygen atoms in total. The zero-order chi connectivity index (χ0) is 7.68. The van der Waals surface area contributed by atoms with Crippen molar-refractivity contribution in [3.05, 3.63) is 29.8 Å². The van der Waals surface area contributed by atoms with Gasteiger partial charge < -0.3 is 10.2 Å². The molecule has 2 heterocycles. The number of nitrogen functional groups attached to an aromatic ring is 1. The second-order valence-electron chi connectivity index (χ2n) is 2.18. The molecule has 0 unspecified atom stereocenters. The van der Waals surface area contributed by atoms with Crippen LogP contribution in [0.15, 0.2) is 34.3 Å². The molecule has 2 rings (SSSR count). The third-order valence-corrected chi connectivity index (χ3v) is 2.23. The standard InChI is InChI=1S/C8H7NOS/c9-8-6(3-5-11-8)7-2-1-4-10-7/h1-5H,9H2. The van der Waals surface area contributed by atoms with Crippen LogP contribution < -0.4 is 5.73 Å². The summed E-state index contributed by atoms with van der Waals surface area (Å²) in [5.41, 5.74) is 6.68. The molecule has 2 aromatic rings. The Bertz CT molecular complexity index is 337. The number of hydrogen-bond donors (Lipinski definition) is 1. The van der Waals surface area contributed by atoms with Gasteiger partial charge in [0, 0.05) is 0 Å². The van der Waals surface area contributed by atoms with Crippen LogP contribution in [0.5, 0.6) is 0 Å². The lowest BCUT2D eigenvalue weighted by molar-refractivity contribution is 0.583. The number of furan rings is 1. The predicted octanol–water partition coefficient (Wildman–Crippen LogP) is 2.59. The fraction of sp³-hybridized carbons (Fsp3) is 0. The van der Waals surface area contributed by atoms with Crippen molar-refractivity contribution in [2.75, 3.05) is 5.73 Å². The average molecular weight is 165 g/mol. The SMILES string of the molecule is Nc1sccc1-c1ccco1. The Labute approximate surface area is 68.3 Å². The molecule has 0 saturated carbocycles. The molecule has 0 aromatic carbocycles. The van der Waals surface area contributed by atoms with Gasteiger partial charge in [0.1, 0.15) is 5.76 Å². The van der Waals surface area contributed by atoms with E-state index in [1.54, 1.807) is 6.26 Å². The van der Waals surface area contributed by atoms with Gasteiger partial charge in [0.25, 0.3) is 0 Å². The second kappa shape index (κ2) is 2.43. The van der Waals surface area contributed by atoms with E-state index in [0.717, 1.165) is 16.3 Å². The van der Waals surface area contributed by atoms with Gasteiger partial charge >= 0.3 is 0 Å². The molecule has 0 fully saturated rings. The van der Waals surface area contributed by atoms with Crippen LogP contribution in [-0.2, 0) is 0 Å². The summed E-state index contributed by atoms with van der Waals surface area (Å²) < 4.78 is 5.19. The first-order chi connectivity index (χ1) is 5.38. The van der Waals surface area contributed by atoms with E-state index in [4.69, 9.17) is 10.2 Å². The lowest BCUT2D eigenvalue weighted by atomic mass is 10.2. The Morgan fingerprint density at radius 2 is 2.27 bits per heavy atom. The first-order valence-electron chi connectivity index (χ1n) is 3.25. The second-order valence-corrected chi connectivity index (χ2v) is 3.12. The lowest BCUT2D eigenvalue weighted by Crippen LogP contribution is -1.80. The number of nitrogens with two attached hydrogens (primary N) is 1. The molecular weight excluding hydrogens is 158 g/mol. The molecule has 0 amide bonds. The molecule has 0 saturated heterocycles. The van der Waals surface area contributed by atoms with Crippen LogP contribution in [0.25, 0.3) is 11.3 Å². The maximum Gasteiger partial charge on any atom is 0.136 e. The summed E-state index contributed by atoms with van der Waals surface area (Å²) >= 11 is 1.52. The van der Waals surface area contributed by atoms with Crippen LogP contribution in [0, 0.1) is 0 Å². The van der Waals surface area contributed by atoms with Crippen LogP contribution >= 0.6 is 11.3 Å². The molecule has 11 heavy (non-hydrogen) atoms. The molecule has 0 aliphatic rings. The van der Waals surface area contributed by atoms with E-state index in [1.807, 2.05) is 23.6 Å². The van der Waals surface area contributed by atoms with Crippen molar-refractivity contribution < 1.29 is 4.42 Å². The van der Waals surface area contributed by atoms with Gasteiger partial charge in [-0.25, -0.2) is 0 Å². The van der Waals surface area contributed by atoms with Crippen LogP contribution in [0.3, 0.4) is 0 Å². The van der Waals surface area contributed by atoms with E-state index in [0.29, 0.717) is 0 Å². The minimum absolute atomic E-state index is 0.806. The van der Waals surface area contributed by atoms with E-state index in [2.05, 4.69) is 0 Å². The zero-order valence-corrected chi connectivity index (χ0v) is 6.60. The van der Waals surface area contributed by atoms with Gasteiger partial charge in [-0.15, -0.1) is 11.3 Å². The minimum Gasteiger partial charge on any atom is -0.464 e. The number of hydrogen-bond acceptors (Lipinski definition) is 3. The van der Waals surface area contributed by atoms with Gasteiger partial charge in [-0.2, -0.15) is 0 Å². The van der Waals surface area contributed by atoms with Crippen molar-refractivity contribution >= 4 is 16.3 Å². The Morgan fingerprint density at radius 3 is 2.82 bits per heavy atom. The van der Waals surface area contributed by atoms with Crippen molar-refractivity contribution in [3.8, 4) is 11.3 Å². The minimum atomic E-state index is 0.806. The van der Waals surface area contributed by atoms with Gasteiger partial charge in [0.15, 0.2) is 0 Å². The monoisotopic (exact) mass is 165 g/mol. The van der Waals surface area contributed by atoms with Gasteiger partial charge in [0.2, 0.25) is 0 Å². The van der Waals surface area contributed by atoms with Crippen molar-refractivity contribution in [3.63, 3.8) is 0 Å². The van der Waals surface area contributed by atoms with E-state index in [-0.39, 0.29) is 0 Å². The van der Waals surface area contributed by atoms with E-state index in [9.17, 15) is 0 Å². The topological polar surface area (TPSA) is 39.2 Å². The quantitative estimate of drug-likeness (QED) is 0.705. The molecule has 0 spiro atoms. The van der Waals surface area contributed by atoms with Gasteiger partial charge in [-0.1, -0.05) is 0 Å². The van der Waals surface area contributed by atoms with Gasteiger partial charge in [-0.05, 0) is 23.6 Å². The highest BCUT2D eigenvalue weighted by atomic mass is 32.1. The third kappa shape index (κ3) is 1.03. The molecule has 0 radical (unpaired) electrons. The van der Waals surface area contributed by atoms with Gasteiger partial charge in [0.05, 0.1) is 16.8 Å². The van der Waals surface area contributed by atoms with Crippen molar-refractivity contribution in [1.29, 1.82) is 0 Å². The van der Waals surface area contributed by atoms with Crippen LogP contribution in [0.1, 0.15) is 0 Å². The number of anilines is 1. The smallest absolute Gasteiger partial charge is 0.136 e. The maximum absolute atomic E-state index is 5.69. The number of rotatable bonds is 1. The fourth-order valence-electron chi connectivity index (χ4n) is 0.956. The molecule has 0 aliphatic carbocycles. The van der Waals surface area contributed by atoms with Gasteiger partial charge in [-0.3, -0.25) is 0 Å². The summed E-state index contributed by atoms with van der Waals surface area (Å²) in [6.45, 7) is 0. The molecular formula is C8H7NOS. The Balaban J connectivity index is 2.53.